The quantitative estimate of drug-likeness (QED) is 0.796. The molecule has 0 spiro atoms. The Morgan fingerprint density at radius 2 is 1.75 bits per heavy atom. The third-order valence-electron chi connectivity index (χ3n) is 3.20. The Labute approximate surface area is 116 Å². The molecule has 0 radical (unpaired) electrons. The number of hydrogen-bond donors (Lipinski definition) is 3. The van der Waals surface area contributed by atoms with Crippen LogP contribution in [0.15, 0.2) is 36.4 Å². The van der Waals surface area contributed by atoms with Crippen molar-refractivity contribution in [3.8, 4) is 0 Å². The third kappa shape index (κ3) is 2.78. The van der Waals surface area contributed by atoms with Gasteiger partial charge in [0, 0.05) is 0 Å². The summed E-state index contributed by atoms with van der Waals surface area (Å²) < 4.78 is 0. The Bertz CT molecular complexity index is 667. The number of rotatable bonds is 4. The third-order valence-corrected chi connectivity index (χ3v) is 3.20. The van der Waals surface area contributed by atoms with Crippen LogP contribution < -0.4 is 10.6 Å². The summed E-state index contributed by atoms with van der Waals surface area (Å²) in [5.41, 5.74) is 0.392. The van der Waals surface area contributed by atoms with Crippen LogP contribution in [0.2, 0.25) is 0 Å². The Morgan fingerprint density at radius 1 is 1.15 bits per heavy atom. The van der Waals surface area contributed by atoms with Crippen LogP contribution in [-0.2, 0) is 4.79 Å². The van der Waals surface area contributed by atoms with E-state index in [0.29, 0.717) is 5.69 Å². The molecule has 0 saturated carbocycles. The number of aromatic carboxylic acids is 1. The maximum Gasteiger partial charge on any atom is 0.337 e. The lowest BCUT2D eigenvalue weighted by Crippen LogP contribution is -2.35. The normalized spacial score (nSPS) is 12.1. The molecule has 2 aromatic rings. The van der Waals surface area contributed by atoms with Gasteiger partial charge < -0.3 is 15.7 Å². The van der Waals surface area contributed by atoms with Crippen molar-refractivity contribution in [2.45, 2.75) is 13.0 Å². The lowest BCUT2D eigenvalue weighted by molar-refractivity contribution is -0.117. The van der Waals surface area contributed by atoms with E-state index in [9.17, 15) is 14.7 Å². The first-order valence-corrected chi connectivity index (χ1v) is 6.27. The van der Waals surface area contributed by atoms with Gasteiger partial charge in [-0.15, -0.1) is 0 Å². The smallest absolute Gasteiger partial charge is 0.337 e. The molecule has 0 aromatic heterocycles. The Kier molecular flexibility index (Phi) is 4.00. The van der Waals surface area contributed by atoms with Crippen molar-refractivity contribution in [3.05, 3.63) is 42.0 Å². The second-order valence-corrected chi connectivity index (χ2v) is 4.55. The summed E-state index contributed by atoms with van der Waals surface area (Å²) in [6, 6.07) is 10.3. The fourth-order valence-corrected chi connectivity index (χ4v) is 1.89. The maximum absolute atomic E-state index is 11.9. The zero-order valence-electron chi connectivity index (χ0n) is 11.3. The van der Waals surface area contributed by atoms with E-state index in [1.807, 2.05) is 24.3 Å². The van der Waals surface area contributed by atoms with E-state index in [1.54, 1.807) is 26.1 Å². The molecular weight excluding hydrogens is 256 g/mol. The zero-order chi connectivity index (χ0) is 14.7. The van der Waals surface area contributed by atoms with E-state index in [4.69, 9.17) is 0 Å². The summed E-state index contributed by atoms with van der Waals surface area (Å²) in [6.07, 6.45) is 0. The van der Waals surface area contributed by atoms with Crippen molar-refractivity contribution in [2.75, 3.05) is 12.4 Å². The summed E-state index contributed by atoms with van der Waals surface area (Å²) in [7, 11) is 1.67. The van der Waals surface area contributed by atoms with Crippen LogP contribution in [0.1, 0.15) is 17.3 Å². The van der Waals surface area contributed by atoms with E-state index in [1.165, 1.54) is 0 Å². The standard InChI is InChI=1S/C15H16N2O3/c1-9(16-2)14(18)17-13-8-11-6-4-3-5-10(11)7-12(13)15(19)20/h3-9,16H,1-2H3,(H,17,18)(H,19,20). The molecule has 0 heterocycles. The van der Waals surface area contributed by atoms with E-state index < -0.39 is 12.0 Å². The van der Waals surface area contributed by atoms with Gasteiger partial charge in [-0.05, 0) is 36.9 Å². The molecule has 1 atom stereocenters. The number of carboxylic acids is 1. The molecule has 0 fully saturated rings. The van der Waals surface area contributed by atoms with Crippen molar-refractivity contribution < 1.29 is 14.7 Å². The number of nitrogens with one attached hydrogen (secondary N) is 2. The molecule has 2 aromatic carbocycles. The van der Waals surface area contributed by atoms with Crippen molar-refractivity contribution in [3.63, 3.8) is 0 Å². The lowest BCUT2D eigenvalue weighted by atomic mass is 10.0. The number of likely N-dealkylation sites (N-methyl/N-ethyl adjacent to an activating group) is 1. The molecule has 3 N–H and O–H groups in total. The van der Waals surface area contributed by atoms with Gasteiger partial charge in [0.1, 0.15) is 0 Å². The second-order valence-electron chi connectivity index (χ2n) is 4.55. The van der Waals surface area contributed by atoms with Gasteiger partial charge in [-0.1, -0.05) is 24.3 Å². The van der Waals surface area contributed by atoms with Crippen molar-refractivity contribution in [1.82, 2.24) is 5.32 Å². The average molecular weight is 272 g/mol. The van der Waals surface area contributed by atoms with Gasteiger partial charge >= 0.3 is 5.97 Å². The SMILES string of the molecule is CNC(C)C(=O)Nc1cc2ccccc2cc1C(=O)O. The second kappa shape index (κ2) is 5.71. The van der Waals surface area contributed by atoms with Gasteiger partial charge in [0.25, 0.3) is 0 Å². The highest BCUT2D eigenvalue weighted by Gasteiger charge is 2.16. The first-order valence-electron chi connectivity index (χ1n) is 6.27. The molecule has 5 nitrogen and oxygen atoms in total. The molecule has 104 valence electrons. The molecule has 1 amide bonds. The molecule has 0 aliphatic heterocycles. The predicted molar refractivity (Wildman–Crippen MR) is 78.1 cm³/mol. The number of anilines is 1. The number of amides is 1. The number of carbonyl (C=O) groups excluding carboxylic acids is 1. The average Bonchev–Trinajstić information content (AvgIpc) is 2.45. The number of carboxylic acid groups (broad SMARTS) is 1. The molecule has 0 aliphatic carbocycles. The monoisotopic (exact) mass is 272 g/mol. The van der Waals surface area contributed by atoms with Crippen LogP contribution in [0.25, 0.3) is 10.8 Å². The predicted octanol–water partition coefficient (Wildman–Crippen LogP) is 2.08. The van der Waals surface area contributed by atoms with E-state index >= 15 is 0 Å². The molecule has 0 aliphatic rings. The molecule has 1 unspecified atom stereocenters. The number of fused-ring (bicyclic) bond motifs is 1. The van der Waals surface area contributed by atoms with Crippen LogP contribution in [-0.4, -0.2) is 30.1 Å². The van der Waals surface area contributed by atoms with Crippen molar-refractivity contribution >= 4 is 28.3 Å². The minimum absolute atomic E-state index is 0.0837. The van der Waals surface area contributed by atoms with Gasteiger partial charge in [-0.2, -0.15) is 0 Å². The van der Waals surface area contributed by atoms with Gasteiger partial charge in [-0.3, -0.25) is 4.79 Å². The first-order chi connectivity index (χ1) is 9.52. The van der Waals surface area contributed by atoms with Gasteiger partial charge in [0.15, 0.2) is 0 Å². The van der Waals surface area contributed by atoms with Crippen molar-refractivity contribution in [1.29, 1.82) is 0 Å². The zero-order valence-corrected chi connectivity index (χ0v) is 11.3. The fourth-order valence-electron chi connectivity index (χ4n) is 1.89. The molecule has 2 rings (SSSR count). The van der Waals surface area contributed by atoms with Crippen LogP contribution in [0.4, 0.5) is 5.69 Å². The Balaban J connectivity index is 2.47. The van der Waals surface area contributed by atoms with Crippen LogP contribution in [0, 0.1) is 0 Å². The molecule has 0 saturated heterocycles. The minimum Gasteiger partial charge on any atom is -0.478 e. The summed E-state index contributed by atoms with van der Waals surface area (Å²) >= 11 is 0. The molecule has 0 bridgehead atoms. The Morgan fingerprint density at radius 3 is 2.30 bits per heavy atom. The molecule has 5 heteroatoms. The highest BCUT2D eigenvalue weighted by molar-refractivity contribution is 6.06. The fraction of sp³-hybridized carbons (Fsp3) is 0.200. The van der Waals surface area contributed by atoms with E-state index in [2.05, 4.69) is 10.6 Å². The maximum atomic E-state index is 11.9. The van der Waals surface area contributed by atoms with E-state index in [0.717, 1.165) is 10.8 Å². The number of hydrogen-bond acceptors (Lipinski definition) is 3. The highest BCUT2D eigenvalue weighted by atomic mass is 16.4. The lowest BCUT2D eigenvalue weighted by Gasteiger charge is -2.14. The minimum atomic E-state index is -1.07. The number of carbonyl (C=O) groups is 2. The van der Waals surface area contributed by atoms with Gasteiger partial charge in [0.05, 0.1) is 17.3 Å². The van der Waals surface area contributed by atoms with Gasteiger partial charge in [0.2, 0.25) is 5.91 Å². The van der Waals surface area contributed by atoms with Crippen LogP contribution in [0.3, 0.4) is 0 Å². The highest BCUT2D eigenvalue weighted by Crippen LogP contribution is 2.24. The summed E-state index contributed by atoms with van der Waals surface area (Å²) in [6.45, 7) is 1.71. The van der Waals surface area contributed by atoms with Crippen LogP contribution >= 0.6 is 0 Å². The summed E-state index contributed by atoms with van der Waals surface area (Å²) in [4.78, 5) is 23.2. The first kappa shape index (κ1) is 14.0. The summed E-state index contributed by atoms with van der Waals surface area (Å²) in [5.74, 6) is -1.34. The van der Waals surface area contributed by atoms with Crippen LogP contribution in [0.5, 0.6) is 0 Å². The Hall–Kier alpha value is -2.40. The number of benzene rings is 2. The molecular formula is C15H16N2O3. The largest absolute Gasteiger partial charge is 0.478 e. The summed E-state index contributed by atoms with van der Waals surface area (Å²) in [5, 5.41) is 16.4. The topological polar surface area (TPSA) is 78.4 Å². The van der Waals surface area contributed by atoms with E-state index in [-0.39, 0.29) is 11.5 Å². The van der Waals surface area contributed by atoms with Crippen molar-refractivity contribution in [2.24, 2.45) is 0 Å². The van der Waals surface area contributed by atoms with Gasteiger partial charge in [-0.25, -0.2) is 4.79 Å². The molecule has 20 heavy (non-hydrogen) atoms.